The van der Waals surface area contributed by atoms with Crippen LogP contribution in [0.25, 0.3) is 0 Å². The molecule has 0 aromatic heterocycles. The molecule has 0 bridgehead atoms. The minimum Gasteiger partial charge on any atom is -0.395 e. The van der Waals surface area contributed by atoms with Crippen molar-refractivity contribution in [3.05, 3.63) is 35.4 Å². The van der Waals surface area contributed by atoms with Crippen molar-refractivity contribution in [1.29, 1.82) is 0 Å². The number of rotatable bonds is 7. The van der Waals surface area contributed by atoms with Crippen LogP contribution in [0.5, 0.6) is 0 Å². The highest BCUT2D eigenvalue weighted by Gasteiger charge is 2.21. The van der Waals surface area contributed by atoms with Crippen molar-refractivity contribution in [3.8, 4) is 0 Å². The van der Waals surface area contributed by atoms with Crippen LogP contribution >= 0.6 is 12.2 Å². The second kappa shape index (κ2) is 7.97. The van der Waals surface area contributed by atoms with Gasteiger partial charge in [0, 0.05) is 23.7 Å². The van der Waals surface area contributed by atoms with Crippen molar-refractivity contribution >= 4 is 23.1 Å². The molecule has 20 heavy (non-hydrogen) atoms. The third-order valence-electron chi connectivity index (χ3n) is 3.40. The highest BCUT2D eigenvalue weighted by atomic mass is 32.1. The van der Waals surface area contributed by atoms with E-state index in [1.807, 2.05) is 13.8 Å². The molecule has 0 unspecified atom stereocenters. The van der Waals surface area contributed by atoms with E-state index < -0.39 is 0 Å². The fourth-order valence-corrected chi connectivity index (χ4v) is 2.37. The number of carbonyl (C=O) groups excluding carboxylic acids is 1. The fraction of sp³-hybridized carbons (Fsp3) is 0.467. The SMILES string of the molecule is CCC(CC)N(CCO)C(=O)c1ccc(C(N)=S)cc1. The number of hydrogen-bond donors (Lipinski definition) is 2. The fourth-order valence-electron chi connectivity index (χ4n) is 2.23. The van der Waals surface area contributed by atoms with E-state index in [2.05, 4.69) is 0 Å². The predicted molar refractivity (Wildman–Crippen MR) is 84.8 cm³/mol. The molecule has 0 saturated heterocycles. The van der Waals surface area contributed by atoms with Crippen LogP contribution in [0.4, 0.5) is 0 Å². The van der Waals surface area contributed by atoms with Gasteiger partial charge in [0.2, 0.25) is 0 Å². The first-order chi connectivity index (χ1) is 9.54. The maximum absolute atomic E-state index is 12.5. The van der Waals surface area contributed by atoms with Crippen molar-refractivity contribution in [3.63, 3.8) is 0 Å². The zero-order chi connectivity index (χ0) is 15.1. The van der Waals surface area contributed by atoms with Crippen molar-refractivity contribution in [2.45, 2.75) is 32.7 Å². The molecule has 0 spiro atoms. The molecule has 0 atom stereocenters. The lowest BCUT2D eigenvalue weighted by atomic mass is 10.1. The van der Waals surface area contributed by atoms with Crippen LogP contribution < -0.4 is 5.73 Å². The Morgan fingerprint density at radius 1 is 1.25 bits per heavy atom. The number of carbonyl (C=O) groups is 1. The van der Waals surface area contributed by atoms with Crippen LogP contribution in [0.2, 0.25) is 0 Å². The number of benzene rings is 1. The van der Waals surface area contributed by atoms with Crippen molar-refractivity contribution in [2.24, 2.45) is 5.73 Å². The van der Waals surface area contributed by atoms with E-state index in [0.29, 0.717) is 17.1 Å². The number of nitrogens with two attached hydrogens (primary N) is 1. The Morgan fingerprint density at radius 2 is 1.75 bits per heavy atom. The summed E-state index contributed by atoms with van der Waals surface area (Å²) in [5.74, 6) is -0.0674. The Balaban J connectivity index is 2.96. The Kier molecular flexibility index (Phi) is 6.61. The summed E-state index contributed by atoms with van der Waals surface area (Å²) in [4.78, 5) is 14.6. The lowest BCUT2D eigenvalue weighted by Gasteiger charge is -2.30. The molecular formula is C15H22N2O2S. The average Bonchev–Trinajstić information content (AvgIpc) is 2.47. The zero-order valence-corrected chi connectivity index (χ0v) is 12.8. The number of hydrogen-bond acceptors (Lipinski definition) is 3. The molecule has 0 heterocycles. The molecule has 0 fully saturated rings. The van der Waals surface area contributed by atoms with E-state index in [1.54, 1.807) is 29.2 Å². The van der Waals surface area contributed by atoms with Gasteiger partial charge >= 0.3 is 0 Å². The standard InChI is InChI=1S/C15H22N2O2S/c1-3-13(4-2)17(9-10-18)15(19)12-7-5-11(6-8-12)14(16)20/h5-8,13,18H,3-4,9-10H2,1-2H3,(H2,16,20). The van der Waals surface area contributed by atoms with Gasteiger partial charge in [-0.2, -0.15) is 0 Å². The molecule has 0 aliphatic rings. The van der Waals surface area contributed by atoms with Gasteiger partial charge in [0.25, 0.3) is 5.91 Å². The first-order valence-corrected chi connectivity index (χ1v) is 7.27. The summed E-state index contributed by atoms with van der Waals surface area (Å²) in [7, 11) is 0. The second-order valence-corrected chi connectivity index (χ2v) is 5.07. The van der Waals surface area contributed by atoms with E-state index in [9.17, 15) is 4.79 Å². The van der Waals surface area contributed by atoms with E-state index >= 15 is 0 Å². The van der Waals surface area contributed by atoms with Crippen LogP contribution in [-0.4, -0.2) is 40.1 Å². The summed E-state index contributed by atoms with van der Waals surface area (Å²) in [5, 5.41) is 9.16. The molecule has 0 aliphatic heterocycles. The minimum absolute atomic E-state index is 0.0345. The summed E-state index contributed by atoms with van der Waals surface area (Å²) in [6, 6.07) is 7.09. The molecule has 4 nitrogen and oxygen atoms in total. The maximum Gasteiger partial charge on any atom is 0.254 e. The largest absolute Gasteiger partial charge is 0.395 e. The summed E-state index contributed by atoms with van der Waals surface area (Å²) in [6.45, 7) is 4.40. The molecule has 1 aromatic carbocycles. The van der Waals surface area contributed by atoms with Gasteiger partial charge in [0.1, 0.15) is 4.99 Å². The van der Waals surface area contributed by atoms with Gasteiger partial charge in [0.15, 0.2) is 0 Å². The second-order valence-electron chi connectivity index (χ2n) is 4.63. The third-order valence-corrected chi connectivity index (χ3v) is 3.64. The van der Waals surface area contributed by atoms with Crippen LogP contribution in [0.15, 0.2) is 24.3 Å². The van der Waals surface area contributed by atoms with Gasteiger partial charge in [-0.3, -0.25) is 4.79 Å². The van der Waals surface area contributed by atoms with Crippen LogP contribution in [0.3, 0.4) is 0 Å². The highest BCUT2D eigenvalue weighted by molar-refractivity contribution is 7.80. The van der Waals surface area contributed by atoms with Gasteiger partial charge in [0.05, 0.1) is 6.61 Å². The molecule has 0 radical (unpaired) electrons. The zero-order valence-electron chi connectivity index (χ0n) is 12.0. The summed E-state index contributed by atoms with van der Waals surface area (Å²) < 4.78 is 0. The first kappa shape index (κ1) is 16.6. The minimum atomic E-state index is -0.0674. The topological polar surface area (TPSA) is 66.6 Å². The number of amides is 1. The van der Waals surface area contributed by atoms with Gasteiger partial charge in [-0.05, 0) is 25.0 Å². The molecule has 0 saturated carbocycles. The van der Waals surface area contributed by atoms with Crippen LogP contribution in [0, 0.1) is 0 Å². The van der Waals surface area contributed by atoms with Gasteiger partial charge in [-0.25, -0.2) is 0 Å². The third kappa shape index (κ3) is 4.02. The number of aliphatic hydroxyl groups excluding tert-OH is 1. The Bertz CT molecular complexity index is 455. The molecule has 1 amide bonds. The molecule has 1 aromatic rings. The Hall–Kier alpha value is -1.46. The van der Waals surface area contributed by atoms with Gasteiger partial charge in [-0.1, -0.05) is 38.2 Å². The number of thiocarbonyl (C=S) groups is 1. The number of nitrogens with zero attached hydrogens (tertiary/aromatic N) is 1. The summed E-state index contributed by atoms with van der Waals surface area (Å²) in [5.41, 5.74) is 6.87. The summed E-state index contributed by atoms with van der Waals surface area (Å²) >= 11 is 4.89. The quantitative estimate of drug-likeness (QED) is 0.754. The lowest BCUT2D eigenvalue weighted by molar-refractivity contribution is 0.0622. The van der Waals surface area contributed by atoms with E-state index in [-0.39, 0.29) is 18.6 Å². The first-order valence-electron chi connectivity index (χ1n) is 6.86. The van der Waals surface area contributed by atoms with Gasteiger partial charge in [-0.15, -0.1) is 0 Å². The molecular weight excluding hydrogens is 272 g/mol. The van der Waals surface area contributed by atoms with Crippen LogP contribution in [0.1, 0.15) is 42.6 Å². The van der Waals surface area contributed by atoms with Crippen LogP contribution in [-0.2, 0) is 0 Å². The number of aliphatic hydroxyl groups is 1. The summed E-state index contributed by atoms with van der Waals surface area (Å²) in [6.07, 6.45) is 1.74. The lowest BCUT2D eigenvalue weighted by Crippen LogP contribution is -2.41. The van der Waals surface area contributed by atoms with E-state index in [4.69, 9.17) is 23.1 Å². The molecule has 5 heteroatoms. The molecule has 0 aliphatic carbocycles. The van der Waals surface area contributed by atoms with E-state index in [0.717, 1.165) is 18.4 Å². The van der Waals surface area contributed by atoms with Crippen molar-refractivity contribution in [1.82, 2.24) is 4.90 Å². The monoisotopic (exact) mass is 294 g/mol. The molecule has 110 valence electrons. The molecule has 1 rings (SSSR count). The highest BCUT2D eigenvalue weighted by Crippen LogP contribution is 2.14. The van der Waals surface area contributed by atoms with Crippen molar-refractivity contribution < 1.29 is 9.90 Å². The Labute approximate surface area is 125 Å². The van der Waals surface area contributed by atoms with Gasteiger partial charge < -0.3 is 15.7 Å². The predicted octanol–water partition coefficient (Wildman–Crippen LogP) is 1.94. The average molecular weight is 294 g/mol. The Morgan fingerprint density at radius 3 is 2.15 bits per heavy atom. The molecule has 3 N–H and O–H groups in total. The smallest absolute Gasteiger partial charge is 0.254 e. The van der Waals surface area contributed by atoms with Crippen molar-refractivity contribution in [2.75, 3.05) is 13.2 Å². The van der Waals surface area contributed by atoms with E-state index in [1.165, 1.54) is 0 Å². The normalized spacial score (nSPS) is 10.6. The maximum atomic E-state index is 12.5.